The molecule has 1 fully saturated rings. The Balaban J connectivity index is 2.20. The largest absolute Gasteiger partial charge is 0.491 e. The third-order valence-corrected chi connectivity index (χ3v) is 3.57. The van der Waals surface area contributed by atoms with Gasteiger partial charge in [0.15, 0.2) is 0 Å². The second kappa shape index (κ2) is 6.65. The molecule has 0 unspecified atom stereocenters. The molecular formula is C13H18BrNO4. The first-order chi connectivity index (χ1) is 9.20. The quantitative estimate of drug-likeness (QED) is 0.590. The van der Waals surface area contributed by atoms with E-state index in [0.29, 0.717) is 26.4 Å². The van der Waals surface area contributed by atoms with E-state index < -0.39 is 5.60 Å². The van der Waals surface area contributed by atoms with Gasteiger partial charge in [0.05, 0.1) is 18.9 Å². The summed E-state index contributed by atoms with van der Waals surface area (Å²) in [6.45, 7) is 2.25. The topological polar surface area (TPSA) is 49.8 Å². The van der Waals surface area contributed by atoms with Crippen molar-refractivity contribution in [3.8, 4) is 5.75 Å². The average Bonchev–Trinajstić information content (AvgIpc) is 2.88. The molecule has 0 N–H and O–H groups in total. The maximum absolute atomic E-state index is 5.63. The van der Waals surface area contributed by atoms with Gasteiger partial charge in [0, 0.05) is 39.4 Å². The summed E-state index contributed by atoms with van der Waals surface area (Å²) in [6, 6.07) is 3.73. The summed E-state index contributed by atoms with van der Waals surface area (Å²) >= 11 is 3.40. The third-order valence-electron chi connectivity index (χ3n) is 3.17. The minimum atomic E-state index is -0.469. The van der Waals surface area contributed by atoms with Gasteiger partial charge >= 0.3 is 0 Å². The lowest BCUT2D eigenvalue weighted by Gasteiger charge is -2.25. The molecule has 0 amide bonds. The Morgan fingerprint density at radius 1 is 1.37 bits per heavy atom. The molecule has 6 heteroatoms. The molecule has 0 aromatic carbocycles. The highest BCUT2D eigenvalue weighted by molar-refractivity contribution is 9.10. The summed E-state index contributed by atoms with van der Waals surface area (Å²) < 4.78 is 22.4. The van der Waals surface area contributed by atoms with Gasteiger partial charge in [-0.25, -0.2) is 4.98 Å². The zero-order valence-electron chi connectivity index (χ0n) is 11.1. The molecule has 1 atom stereocenters. The van der Waals surface area contributed by atoms with E-state index in [2.05, 4.69) is 20.9 Å². The van der Waals surface area contributed by atoms with Crippen molar-refractivity contribution < 1.29 is 18.9 Å². The first-order valence-electron chi connectivity index (χ1n) is 6.13. The molecule has 0 radical (unpaired) electrons. The molecule has 5 nitrogen and oxygen atoms in total. The van der Waals surface area contributed by atoms with Crippen LogP contribution in [0, 0.1) is 0 Å². The number of hydrogen-bond acceptors (Lipinski definition) is 5. The van der Waals surface area contributed by atoms with Gasteiger partial charge in [0.2, 0.25) is 0 Å². The smallest absolute Gasteiger partial charge is 0.135 e. The third kappa shape index (κ3) is 3.45. The van der Waals surface area contributed by atoms with E-state index in [4.69, 9.17) is 18.9 Å². The zero-order valence-corrected chi connectivity index (χ0v) is 12.7. The van der Waals surface area contributed by atoms with Gasteiger partial charge in [-0.15, -0.1) is 0 Å². The van der Waals surface area contributed by atoms with E-state index in [0.717, 1.165) is 22.5 Å². The molecule has 1 aliphatic rings. The first-order valence-corrected chi connectivity index (χ1v) is 6.92. The van der Waals surface area contributed by atoms with E-state index in [1.165, 1.54) is 0 Å². The van der Waals surface area contributed by atoms with Crippen LogP contribution in [-0.2, 0) is 19.8 Å². The Morgan fingerprint density at radius 2 is 2.21 bits per heavy atom. The van der Waals surface area contributed by atoms with E-state index in [1.807, 2.05) is 12.1 Å². The summed E-state index contributed by atoms with van der Waals surface area (Å²) in [4.78, 5) is 4.49. The van der Waals surface area contributed by atoms with Crippen molar-refractivity contribution in [3.63, 3.8) is 0 Å². The molecule has 2 heterocycles. The minimum absolute atomic E-state index is 0.469. The number of methoxy groups -OCH3 is 2. The molecular weight excluding hydrogens is 314 g/mol. The SMILES string of the molecule is COCCOc1cc(Br)nc([C@]2(OC)CCOC2)c1. The standard InChI is InChI=1S/C13H18BrNO4/c1-16-5-6-19-10-7-11(15-12(14)8-10)13(17-2)3-4-18-9-13/h7-8H,3-6,9H2,1-2H3/t13-/m0/s1. The molecule has 0 bridgehead atoms. The second-order valence-electron chi connectivity index (χ2n) is 4.35. The molecule has 1 aromatic heterocycles. The van der Waals surface area contributed by atoms with Crippen LogP contribution in [0.1, 0.15) is 12.1 Å². The van der Waals surface area contributed by atoms with Crippen molar-refractivity contribution in [2.24, 2.45) is 0 Å². The fraction of sp³-hybridized carbons (Fsp3) is 0.615. The number of pyridine rings is 1. The number of aromatic nitrogens is 1. The van der Waals surface area contributed by atoms with Gasteiger partial charge in [-0.3, -0.25) is 0 Å². The van der Waals surface area contributed by atoms with Crippen LogP contribution in [0.3, 0.4) is 0 Å². The Hall–Kier alpha value is -0.690. The molecule has 1 aromatic rings. The number of ether oxygens (including phenoxy) is 4. The lowest BCUT2D eigenvalue weighted by molar-refractivity contribution is -0.0249. The molecule has 106 valence electrons. The molecule has 1 aliphatic heterocycles. The van der Waals surface area contributed by atoms with Crippen LogP contribution in [0.4, 0.5) is 0 Å². The summed E-state index contributed by atoms with van der Waals surface area (Å²) in [5.41, 5.74) is 0.359. The number of halogens is 1. The molecule has 0 aliphatic carbocycles. The Morgan fingerprint density at radius 3 is 2.84 bits per heavy atom. The molecule has 2 rings (SSSR count). The van der Waals surface area contributed by atoms with E-state index in [1.54, 1.807) is 14.2 Å². The average molecular weight is 332 g/mol. The van der Waals surface area contributed by atoms with Gasteiger partial charge in [-0.1, -0.05) is 0 Å². The van der Waals surface area contributed by atoms with Crippen LogP contribution in [0.25, 0.3) is 0 Å². The monoisotopic (exact) mass is 331 g/mol. The summed E-state index contributed by atoms with van der Waals surface area (Å²) in [5, 5.41) is 0. The van der Waals surface area contributed by atoms with Crippen molar-refractivity contribution in [2.75, 3.05) is 40.6 Å². The highest BCUT2D eigenvalue weighted by Crippen LogP contribution is 2.35. The van der Waals surface area contributed by atoms with Crippen molar-refractivity contribution >= 4 is 15.9 Å². The summed E-state index contributed by atoms with van der Waals surface area (Å²) in [6.07, 6.45) is 0.796. The van der Waals surface area contributed by atoms with E-state index in [9.17, 15) is 0 Å². The number of hydrogen-bond donors (Lipinski definition) is 0. The lowest BCUT2D eigenvalue weighted by Crippen LogP contribution is -2.30. The predicted octanol–water partition coefficient (Wildman–Crippen LogP) is 2.13. The highest BCUT2D eigenvalue weighted by Gasteiger charge is 2.38. The van der Waals surface area contributed by atoms with Gasteiger partial charge in [0.25, 0.3) is 0 Å². The Labute approximate surface area is 121 Å². The van der Waals surface area contributed by atoms with E-state index >= 15 is 0 Å². The van der Waals surface area contributed by atoms with Gasteiger partial charge in [-0.05, 0) is 15.9 Å². The van der Waals surface area contributed by atoms with Crippen LogP contribution in [-0.4, -0.2) is 45.6 Å². The molecule has 0 saturated carbocycles. The van der Waals surface area contributed by atoms with Gasteiger partial charge in [0.1, 0.15) is 22.6 Å². The van der Waals surface area contributed by atoms with Crippen LogP contribution in [0.2, 0.25) is 0 Å². The molecule has 0 spiro atoms. The van der Waals surface area contributed by atoms with Crippen molar-refractivity contribution in [2.45, 2.75) is 12.0 Å². The maximum Gasteiger partial charge on any atom is 0.135 e. The first kappa shape index (κ1) is 14.7. The highest BCUT2D eigenvalue weighted by atomic mass is 79.9. The number of nitrogens with zero attached hydrogens (tertiary/aromatic N) is 1. The zero-order chi connectivity index (χ0) is 13.7. The van der Waals surface area contributed by atoms with Crippen LogP contribution in [0.15, 0.2) is 16.7 Å². The fourth-order valence-electron chi connectivity index (χ4n) is 2.05. The predicted molar refractivity (Wildman–Crippen MR) is 73.4 cm³/mol. The lowest BCUT2D eigenvalue weighted by atomic mass is 9.98. The van der Waals surface area contributed by atoms with Crippen molar-refractivity contribution in [1.29, 1.82) is 0 Å². The van der Waals surface area contributed by atoms with Gasteiger partial charge < -0.3 is 18.9 Å². The van der Waals surface area contributed by atoms with Gasteiger partial charge in [-0.2, -0.15) is 0 Å². The minimum Gasteiger partial charge on any atom is -0.491 e. The van der Waals surface area contributed by atoms with E-state index in [-0.39, 0.29) is 0 Å². The summed E-state index contributed by atoms with van der Waals surface area (Å²) in [5.74, 6) is 0.747. The van der Waals surface area contributed by atoms with Crippen molar-refractivity contribution in [3.05, 3.63) is 22.4 Å². The normalized spacial score (nSPS) is 22.7. The van der Waals surface area contributed by atoms with Crippen LogP contribution < -0.4 is 4.74 Å². The number of rotatable bonds is 6. The van der Waals surface area contributed by atoms with Crippen LogP contribution >= 0.6 is 15.9 Å². The fourth-order valence-corrected chi connectivity index (χ4v) is 2.46. The summed E-state index contributed by atoms with van der Waals surface area (Å²) in [7, 11) is 3.33. The van der Waals surface area contributed by atoms with Crippen molar-refractivity contribution in [1.82, 2.24) is 4.98 Å². The molecule has 19 heavy (non-hydrogen) atoms. The second-order valence-corrected chi connectivity index (χ2v) is 5.17. The van der Waals surface area contributed by atoms with Crippen LogP contribution in [0.5, 0.6) is 5.75 Å². The Bertz CT molecular complexity index is 421. The molecule has 1 saturated heterocycles. The maximum atomic E-state index is 5.63. The Kier molecular flexibility index (Phi) is 5.15.